The molecule has 8 bridgehead atoms. The van der Waals surface area contributed by atoms with Crippen molar-refractivity contribution < 1.29 is 36.1 Å². The molecule has 1 radical (unpaired) electrons. The molecular formula is C30H26CuN4O4. The van der Waals surface area contributed by atoms with Gasteiger partial charge in [0.25, 0.3) is 0 Å². The van der Waals surface area contributed by atoms with Crippen molar-refractivity contribution in [2.75, 3.05) is 28.4 Å². The van der Waals surface area contributed by atoms with E-state index >= 15 is 0 Å². The standard InChI is InChI=1S/C30H26N4O4.Cu/c1-35-25-17-23-15-21-11-10-19(31-21)14-20-12-13-22(32-20)16-24-26(18-8-6-5-7-9-18)29(36-2)28(34(24)38-4)30(37-3)27(25)33-23;/h5-17,31H,1-4H3;. The fourth-order valence-corrected chi connectivity index (χ4v) is 4.88. The first-order chi connectivity index (χ1) is 18.6. The van der Waals surface area contributed by atoms with Crippen molar-refractivity contribution in [3.8, 4) is 22.6 Å². The van der Waals surface area contributed by atoms with Gasteiger partial charge < -0.3 is 24.0 Å². The topological polar surface area (TPSA) is 83.4 Å². The molecule has 0 aliphatic carbocycles. The van der Waals surface area contributed by atoms with E-state index in [0.717, 1.165) is 39.1 Å². The number of rotatable bonds is 5. The van der Waals surface area contributed by atoms with Gasteiger partial charge in [-0.3, -0.25) is 0 Å². The van der Waals surface area contributed by atoms with Gasteiger partial charge in [-0.2, -0.15) is 4.73 Å². The minimum absolute atomic E-state index is 0. The summed E-state index contributed by atoms with van der Waals surface area (Å²) in [6.07, 6.45) is 5.83. The van der Waals surface area contributed by atoms with Crippen LogP contribution in [0.5, 0.6) is 11.5 Å². The van der Waals surface area contributed by atoms with Crippen molar-refractivity contribution in [1.82, 2.24) is 19.7 Å². The largest absolute Gasteiger partial charge is 0.494 e. The zero-order valence-electron chi connectivity index (χ0n) is 21.8. The molecule has 1 N–H and O–H groups in total. The first kappa shape index (κ1) is 26.2. The van der Waals surface area contributed by atoms with E-state index in [9.17, 15) is 0 Å². The SMILES string of the molecule is COC1=Cc2cc3ccc(cc4nc(cc5c(-c6ccccc6)c(OC)c(c(OC)c1n2)n5OC)C=C4)[nH]3.[Cu]. The molecule has 2 aliphatic rings. The molecule has 5 heterocycles. The van der Waals surface area contributed by atoms with Crippen molar-refractivity contribution in [3.63, 3.8) is 0 Å². The van der Waals surface area contributed by atoms with Gasteiger partial charge in [0, 0.05) is 34.2 Å². The summed E-state index contributed by atoms with van der Waals surface area (Å²) in [5, 5.41) is 0. The van der Waals surface area contributed by atoms with Crippen LogP contribution in [-0.2, 0) is 21.8 Å². The minimum Gasteiger partial charge on any atom is -0.494 e. The number of nitrogens with zero attached hydrogens (tertiary/aromatic N) is 3. The van der Waals surface area contributed by atoms with Gasteiger partial charge in [0.05, 0.1) is 49.5 Å². The van der Waals surface area contributed by atoms with Crippen LogP contribution in [0.25, 0.3) is 57.2 Å². The molecule has 0 atom stereocenters. The molecule has 6 rings (SSSR count). The van der Waals surface area contributed by atoms with Gasteiger partial charge >= 0.3 is 0 Å². The average Bonchev–Trinajstić information content (AvgIpc) is 3.72. The number of ether oxygens (including phenoxy) is 3. The Hall–Kier alpha value is -4.46. The van der Waals surface area contributed by atoms with Crippen LogP contribution in [0.1, 0.15) is 22.8 Å². The van der Waals surface area contributed by atoms with Crippen LogP contribution in [0.3, 0.4) is 0 Å². The van der Waals surface area contributed by atoms with Crippen LogP contribution in [0, 0.1) is 0 Å². The molecular weight excluding hydrogens is 544 g/mol. The van der Waals surface area contributed by atoms with Crippen molar-refractivity contribution in [1.29, 1.82) is 0 Å². The quantitative estimate of drug-likeness (QED) is 0.268. The molecule has 0 unspecified atom stereocenters. The predicted octanol–water partition coefficient (Wildman–Crippen LogP) is 5.84. The van der Waals surface area contributed by atoms with Gasteiger partial charge in [0.15, 0.2) is 28.5 Å². The van der Waals surface area contributed by atoms with Gasteiger partial charge in [0.1, 0.15) is 7.11 Å². The second-order valence-corrected chi connectivity index (χ2v) is 8.71. The van der Waals surface area contributed by atoms with E-state index in [4.69, 9.17) is 29.0 Å². The number of fused-ring (bicyclic) bond motifs is 8. The van der Waals surface area contributed by atoms with Gasteiger partial charge in [-0.05, 0) is 48.0 Å². The molecule has 0 saturated carbocycles. The Kier molecular flexibility index (Phi) is 7.19. The smallest absolute Gasteiger partial charge is 0.179 e. The van der Waals surface area contributed by atoms with Gasteiger partial charge in [0.2, 0.25) is 0 Å². The molecule has 8 nitrogen and oxygen atoms in total. The molecule has 0 fully saturated rings. The van der Waals surface area contributed by atoms with Crippen LogP contribution < -0.4 is 14.3 Å². The number of H-pyrrole nitrogens is 1. The molecule has 0 amide bonds. The third-order valence-electron chi connectivity index (χ3n) is 6.48. The number of benzene rings is 1. The Morgan fingerprint density at radius 1 is 0.718 bits per heavy atom. The summed E-state index contributed by atoms with van der Waals surface area (Å²) in [5.41, 5.74) is 7.79. The molecule has 4 aromatic rings. The van der Waals surface area contributed by atoms with E-state index in [1.165, 1.54) is 0 Å². The Morgan fingerprint density at radius 3 is 2.03 bits per heavy atom. The van der Waals surface area contributed by atoms with E-state index in [1.54, 1.807) is 33.2 Å². The number of methoxy groups -OCH3 is 3. The van der Waals surface area contributed by atoms with Crippen LogP contribution in [0.4, 0.5) is 0 Å². The van der Waals surface area contributed by atoms with E-state index < -0.39 is 0 Å². The Morgan fingerprint density at radius 2 is 1.38 bits per heavy atom. The van der Waals surface area contributed by atoms with Crippen molar-refractivity contribution in [2.45, 2.75) is 0 Å². The summed E-state index contributed by atoms with van der Waals surface area (Å²) in [5.74, 6) is 1.59. The normalized spacial score (nSPS) is 11.9. The van der Waals surface area contributed by atoms with Crippen LogP contribution in [0.2, 0.25) is 0 Å². The number of aromatic nitrogens is 4. The van der Waals surface area contributed by atoms with Gasteiger partial charge in [-0.1, -0.05) is 30.3 Å². The third kappa shape index (κ3) is 4.56. The van der Waals surface area contributed by atoms with Crippen molar-refractivity contribution >= 4 is 46.1 Å². The van der Waals surface area contributed by atoms with Gasteiger partial charge in [-0.15, -0.1) is 0 Å². The Bertz CT molecular complexity index is 1770. The summed E-state index contributed by atoms with van der Waals surface area (Å²) >= 11 is 0. The summed E-state index contributed by atoms with van der Waals surface area (Å²) in [6.45, 7) is 0. The monoisotopic (exact) mass is 569 g/mol. The average molecular weight is 570 g/mol. The maximum atomic E-state index is 6.05. The third-order valence-corrected chi connectivity index (χ3v) is 6.48. The molecule has 0 spiro atoms. The van der Waals surface area contributed by atoms with E-state index in [2.05, 4.69) is 4.98 Å². The number of nitrogens with one attached hydrogen (secondary N) is 1. The summed E-state index contributed by atoms with van der Waals surface area (Å²) in [7, 11) is 6.45. The minimum atomic E-state index is 0. The number of aromatic amines is 1. The van der Waals surface area contributed by atoms with E-state index in [1.807, 2.05) is 78.9 Å². The molecule has 3 aromatic heterocycles. The zero-order chi connectivity index (χ0) is 26.2. The maximum absolute atomic E-state index is 6.05. The molecule has 0 saturated heterocycles. The summed E-state index contributed by atoms with van der Waals surface area (Å²) < 4.78 is 19.5. The van der Waals surface area contributed by atoms with Gasteiger partial charge in [-0.25, -0.2) is 9.97 Å². The first-order valence-electron chi connectivity index (χ1n) is 12.1. The molecule has 201 valence electrons. The summed E-state index contributed by atoms with van der Waals surface area (Å²) in [6, 6.07) is 19.9. The summed E-state index contributed by atoms with van der Waals surface area (Å²) in [4.78, 5) is 19.1. The first-order valence-corrected chi connectivity index (χ1v) is 12.1. The molecule has 1 aromatic carbocycles. The van der Waals surface area contributed by atoms with E-state index in [-0.39, 0.29) is 17.1 Å². The fourth-order valence-electron chi connectivity index (χ4n) is 4.88. The van der Waals surface area contributed by atoms with Crippen LogP contribution in [-0.4, -0.2) is 48.1 Å². The van der Waals surface area contributed by atoms with Crippen LogP contribution >= 0.6 is 0 Å². The number of hydrogen-bond acceptors (Lipinski definition) is 6. The zero-order valence-corrected chi connectivity index (χ0v) is 22.7. The molecule has 39 heavy (non-hydrogen) atoms. The maximum Gasteiger partial charge on any atom is 0.179 e. The number of hydrogen-bond donors (Lipinski definition) is 1. The molecule has 2 aliphatic heterocycles. The predicted molar refractivity (Wildman–Crippen MR) is 149 cm³/mol. The fraction of sp³-hybridized carbons (Fsp3) is 0.133. The Labute approximate surface area is 236 Å². The van der Waals surface area contributed by atoms with E-state index in [0.29, 0.717) is 34.2 Å². The molecule has 9 heteroatoms. The van der Waals surface area contributed by atoms with Crippen LogP contribution in [0.15, 0.2) is 60.7 Å². The van der Waals surface area contributed by atoms with Crippen molar-refractivity contribution in [2.24, 2.45) is 0 Å². The van der Waals surface area contributed by atoms with Crippen molar-refractivity contribution in [3.05, 3.63) is 83.4 Å². The second-order valence-electron chi connectivity index (χ2n) is 8.71. The second kappa shape index (κ2) is 10.7. The Balaban J connectivity index is 0.00000308.